The number of thiophene rings is 1. The van der Waals surface area contributed by atoms with Gasteiger partial charge in [0, 0.05) is 5.69 Å². The SMILES string of the molecule is CC(C)c1ccc(-n2nc3ccc(NC(=O)c4cccs4)cc3n2)cc1. The molecular weight excluding hydrogens is 344 g/mol. The number of hydrogen-bond donors (Lipinski definition) is 1. The number of carbonyl (C=O) groups excluding carboxylic acids is 1. The Labute approximate surface area is 155 Å². The summed E-state index contributed by atoms with van der Waals surface area (Å²) in [4.78, 5) is 14.5. The molecule has 2 aromatic carbocycles. The molecular formula is C20H18N4OS. The van der Waals surface area contributed by atoms with Gasteiger partial charge in [0.05, 0.1) is 10.6 Å². The standard InChI is InChI=1S/C20H18N4OS/c1-13(2)14-5-8-16(9-6-14)24-22-17-10-7-15(12-18(17)23-24)21-20(25)19-4-3-11-26-19/h3-13H,1-2H3,(H,21,25). The van der Waals surface area contributed by atoms with Crippen LogP contribution >= 0.6 is 11.3 Å². The van der Waals surface area contributed by atoms with Crippen LogP contribution in [0.1, 0.15) is 35.0 Å². The molecule has 1 amide bonds. The van der Waals surface area contributed by atoms with Gasteiger partial charge in [0.1, 0.15) is 11.0 Å². The van der Waals surface area contributed by atoms with Crippen LogP contribution in [0.3, 0.4) is 0 Å². The molecule has 0 bridgehead atoms. The Kier molecular flexibility index (Phi) is 4.26. The van der Waals surface area contributed by atoms with Crippen molar-refractivity contribution < 1.29 is 4.79 Å². The molecule has 2 heterocycles. The van der Waals surface area contributed by atoms with Crippen LogP contribution in [-0.2, 0) is 0 Å². The highest BCUT2D eigenvalue weighted by Gasteiger charge is 2.10. The Balaban J connectivity index is 1.60. The Bertz CT molecular complexity index is 1050. The number of nitrogens with one attached hydrogen (secondary N) is 1. The second-order valence-electron chi connectivity index (χ2n) is 6.37. The van der Waals surface area contributed by atoms with Gasteiger partial charge in [-0.2, -0.15) is 4.80 Å². The molecule has 1 N–H and O–H groups in total. The number of rotatable bonds is 4. The lowest BCUT2D eigenvalue weighted by Gasteiger charge is -2.05. The molecule has 4 aromatic rings. The number of aromatic nitrogens is 3. The van der Waals surface area contributed by atoms with Crippen molar-refractivity contribution in [3.8, 4) is 5.69 Å². The molecule has 0 radical (unpaired) electrons. The summed E-state index contributed by atoms with van der Waals surface area (Å²) in [5, 5.41) is 13.9. The Morgan fingerprint density at radius 3 is 2.50 bits per heavy atom. The zero-order valence-electron chi connectivity index (χ0n) is 14.5. The summed E-state index contributed by atoms with van der Waals surface area (Å²) in [5.74, 6) is 0.374. The van der Waals surface area contributed by atoms with E-state index in [4.69, 9.17) is 0 Å². The van der Waals surface area contributed by atoms with Crippen LogP contribution in [0.2, 0.25) is 0 Å². The smallest absolute Gasteiger partial charge is 0.265 e. The average molecular weight is 362 g/mol. The van der Waals surface area contributed by atoms with Gasteiger partial charge in [0.15, 0.2) is 0 Å². The number of anilines is 1. The summed E-state index contributed by atoms with van der Waals surface area (Å²) in [7, 11) is 0. The highest BCUT2D eigenvalue weighted by Crippen LogP contribution is 2.20. The van der Waals surface area contributed by atoms with E-state index in [1.807, 2.05) is 41.8 Å². The second kappa shape index (κ2) is 6.72. The Hall–Kier alpha value is -2.99. The molecule has 0 atom stereocenters. The lowest BCUT2D eigenvalue weighted by atomic mass is 10.0. The van der Waals surface area contributed by atoms with Gasteiger partial charge in [-0.15, -0.1) is 21.5 Å². The molecule has 0 aliphatic heterocycles. The van der Waals surface area contributed by atoms with Crippen LogP contribution in [0.25, 0.3) is 16.7 Å². The van der Waals surface area contributed by atoms with E-state index < -0.39 is 0 Å². The van der Waals surface area contributed by atoms with Crippen molar-refractivity contribution in [2.24, 2.45) is 0 Å². The number of hydrogen-bond acceptors (Lipinski definition) is 4. The minimum absolute atomic E-state index is 0.115. The van der Waals surface area contributed by atoms with Gasteiger partial charge in [-0.25, -0.2) is 0 Å². The second-order valence-corrected chi connectivity index (χ2v) is 7.32. The molecule has 0 saturated heterocycles. The number of benzene rings is 2. The maximum atomic E-state index is 12.2. The molecule has 130 valence electrons. The van der Waals surface area contributed by atoms with E-state index in [9.17, 15) is 4.79 Å². The zero-order chi connectivity index (χ0) is 18.1. The summed E-state index contributed by atoms with van der Waals surface area (Å²) in [6, 6.07) is 17.4. The predicted molar refractivity (Wildman–Crippen MR) is 105 cm³/mol. The van der Waals surface area contributed by atoms with Crippen LogP contribution in [0.15, 0.2) is 60.0 Å². The van der Waals surface area contributed by atoms with Crippen molar-refractivity contribution in [1.82, 2.24) is 15.0 Å². The summed E-state index contributed by atoms with van der Waals surface area (Å²) in [6.07, 6.45) is 0. The van der Waals surface area contributed by atoms with E-state index in [0.29, 0.717) is 16.5 Å². The molecule has 0 aliphatic rings. The fraction of sp³-hybridized carbons (Fsp3) is 0.150. The van der Waals surface area contributed by atoms with Crippen molar-refractivity contribution in [2.45, 2.75) is 19.8 Å². The number of nitrogens with zero attached hydrogens (tertiary/aromatic N) is 3. The molecule has 26 heavy (non-hydrogen) atoms. The molecule has 6 heteroatoms. The van der Waals surface area contributed by atoms with Crippen molar-refractivity contribution in [2.75, 3.05) is 5.32 Å². The van der Waals surface area contributed by atoms with E-state index in [-0.39, 0.29) is 5.91 Å². The monoisotopic (exact) mass is 362 g/mol. The van der Waals surface area contributed by atoms with Crippen LogP contribution < -0.4 is 5.32 Å². The van der Waals surface area contributed by atoms with Gasteiger partial charge in [-0.3, -0.25) is 4.79 Å². The molecule has 0 aliphatic carbocycles. The van der Waals surface area contributed by atoms with E-state index in [0.717, 1.165) is 16.7 Å². The number of fused-ring (bicyclic) bond motifs is 1. The van der Waals surface area contributed by atoms with Crippen molar-refractivity contribution >= 4 is 34.0 Å². The van der Waals surface area contributed by atoms with Crippen molar-refractivity contribution in [3.63, 3.8) is 0 Å². The van der Waals surface area contributed by atoms with Crippen molar-refractivity contribution in [3.05, 3.63) is 70.4 Å². The minimum Gasteiger partial charge on any atom is -0.321 e. The molecule has 0 unspecified atom stereocenters. The quantitative estimate of drug-likeness (QED) is 0.564. The lowest BCUT2D eigenvalue weighted by molar-refractivity contribution is 0.103. The number of carbonyl (C=O) groups is 1. The van der Waals surface area contributed by atoms with Gasteiger partial charge in [0.25, 0.3) is 5.91 Å². The molecule has 0 spiro atoms. The zero-order valence-corrected chi connectivity index (χ0v) is 15.3. The number of amides is 1. The highest BCUT2D eigenvalue weighted by atomic mass is 32.1. The first-order valence-electron chi connectivity index (χ1n) is 8.42. The minimum atomic E-state index is -0.115. The molecule has 2 aromatic heterocycles. The molecule has 5 nitrogen and oxygen atoms in total. The summed E-state index contributed by atoms with van der Waals surface area (Å²) >= 11 is 1.41. The normalized spacial score (nSPS) is 11.2. The third kappa shape index (κ3) is 3.23. The topological polar surface area (TPSA) is 59.8 Å². The fourth-order valence-corrected chi connectivity index (χ4v) is 3.32. The van der Waals surface area contributed by atoms with Gasteiger partial charge in [-0.1, -0.05) is 32.0 Å². The third-order valence-corrected chi connectivity index (χ3v) is 5.04. The largest absolute Gasteiger partial charge is 0.321 e. The van der Waals surface area contributed by atoms with Crippen LogP contribution in [-0.4, -0.2) is 20.9 Å². The lowest BCUT2D eigenvalue weighted by Crippen LogP contribution is -2.09. The van der Waals surface area contributed by atoms with E-state index in [1.54, 1.807) is 10.9 Å². The van der Waals surface area contributed by atoms with Crippen LogP contribution in [0.5, 0.6) is 0 Å². The summed E-state index contributed by atoms with van der Waals surface area (Å²) < 4.78 is 0. The fourth-order valence-electron chi connectivity index (χ4n) is 2.70. The van der Waals surface area contributed by atoms with Gasteiger partial charge in [0.2, 0.25) is 0 Å². The average Bonchev–Trinajstić information content (AvgIpc) is 3.31. The van der Waals surface area contributed by atoms with E-state index >= 15 is 0 Å². The Morgan fingerprint density at radius 2 is 1.81 bits per heavy atom. The maximum Gasteiger partial charge on any atom is 0.265 e. The molecule has 0 saturated carbocycles. The summed E-state index contributed by atoms with van der Waals surface area (Å²) in [5.41, 5.74) is 4.42. The van der Waals surface area contributed by atoms with Gasteiger partial charge in [-0.05, 0) is 53.3 Å². The predicted octanol–water partition coefficient (Wildman–Crippen LogP) is 4.86. The van der Waals surface area contributed by atoms with Gasteiger partial charge >= 0.3 is 0 Å². The van der Waals surface area contributed by atoms with E-state index in [2.05, 4.69) is 41.5 Å². The first-order chi connectivity index (χ1) is 12.6. The highest BCUT2D eigenvalue weighted by molar-refractivity contribution is 7.12. The first-order valence-corrected chi connectivity index (χ1v) is 9.30. The summed E-state index contributed by atoms with van der Waals surface area (Å²) in [6.45, 7) is 4.34. The first kappa shape index (κ1) is 16.5. The van der Waals surface area contributed by atoms with Crippen molar-refractivity contribution in [1.29, 1.82) is 0 Å². The van der Waals surface area contributed by atoms with E-state index in [1.165, 1.54) is 16.9 Å². The molecule has 4 rings (SSSR count). The maximum absolute atomic E-state index is 12.2. The van der Waals surface area contributed by atoms with Crippen LogP contribution in [0, 0.1) is 0 Å². The Morgan fingerprint density at radius 1 is 1.04 bits per heavy atom. The third-order valence-electron chi connectivity index (χ3n) is 4.17. The molecule has 0 fully saturated rings. The van der Waals surface area contributed by atoms with Crippen LogP contribution in [0.4, 0.5) is 5.69 Å². The van der Waals surface area contributed by atoms with Gasteiger partial charge < -0.3 is 5.32 Å².